The molecule has 1 aromatic carbocycles. The van der Waals surface area contributed by atoms with Gasteiger partial charge in [-0.1, -0.05) is 45.2 Å². The zero-order valence-electron chi connectivity index (χ0n) is 20.0. The number of rotatable bonds is 12. The number of aliphatic hydroxyl groups is 1. The van der Waals surface area contributed by atoms with Crippen LogP contribution in [-0.4, -0.2) is 33.8 Å². The van der Waals surface area contributed by atoms with Crippen molar-refractivity contribution in [2.24, 2.45) is 16.1 Å². The van der Waals surface area contributed by atoms with Gasteiger partial charge in [0.05, 0.1) is 11.3 Å². The van der Waals surface area contributed by atoms with E-state index in [2.05, 4.69) is 29.4 Å². The average molecular weight is 468 g/mol. The summed E-state index contributed by atoms with van der Waals surface area (Å²) in [6, 6.07) is 8.59. The number of carbonyl (C=O) groups excluding carboxylic acids is 1. The second-order valence-electron chi connectivity index (χ2n) is 8.16. The molecule has 0 fully saturated rings. The first-order valence-electron chi connectivity index (χ1n) is 11.7. The van der Waals surface area contributed by atoms with E-state index in [1.165, 1.54) is 6.92 Å². The molecule has 0 aliphatic heterocycles. The van der Waals surface area contributed by atoms with Crippen molar-refractivity contribution in [1.82, 2.24) is 9.88 Å². The first-order chi connectivity index (χ1) is 16.4. The van der Waals surface area contributed by atoms with E-state index in [1.54, 1.807) is 24.3 Å². The van der Waals surface area contributed by atoms with Crippen LogP contribution in [0.25, 0.3) is 0 Å². The van der Waals surface area contributed by atoms with Crippen LogP contribution in [0.2, 0.25) is 0 Å². The van der Waals surface area contributed by atoms with Gasteiger partial charge in [0.15, 0.2) is 5.69 Å². The molecule has 0 aliphatic rings. The highest BCUT2D eigenvalue weighted by molar-refractivity contribution is 5.98. The Labute approximate surface area is 199 Å². The fraction of sp³-hybridized carbons (Fsp3) is 0.480. The van der Waals surface area contributed by atoms with Crippen molar-refractivity contribution in [3.05, 3.63) is 51.3 Å². The Morgan fingerprint density at radius 1 is 1.24 bits per heavy atom. The molecule has 34 heavy (non-hydrogen) atoms. The molecule has 1 amide bonds. The number of aliphatic hydroxyl groups excluding tert-OH is 1. The molecular weight excluding hydrogens is 434 g/mol. The second kappa shape index (κ2) is 13.3. The highest BCUT2D eigenvalue weighted by Gasteiger charge is 2.19. The first-order valence-corrected chi connectivity index (χ1v) is 11.7. The Morgan fingerprint density at radius 2 is 1.97 bits per heavy atom. The summed E-state index contributed by atoms with van der Waals surface area (Å²) >= 11 is 0. The number of hydrogen-bond acceptors (Lipinski definition) is 7. The highest BCUT2D eigenvalue weighted by atomic mass is 16.3. The Kier molecular flexibility index (Phi) is 10.4. The molecule has 3 N–H and O–H groups in total. The van der Waals surface area contributed by atoms with Gasteiger partial charge in [0.25, 0.3) is 11.5 Å². The van der Waals surface area contributed by atoms with Crippen LogP contribution in [0.5, 0.6) is 5.88 Å². The predicted octanol–water partition coefficient (Wildman–Crippen LogP) is 4.48. The topological polar surface area (TPSA) is 140 Å². The van der Waals surface area contributed by atoms with Gasteiger partial charge in [-0.2, -0.15) is 5.26 Å². The maximum atomic E-state index is 12.9. The molecule has 1 heterocycles. The van der Waals surface area contributed by atoms with Gasteiger partial charge in [-0.25, -0.2) is 0 Å². The number of benzene rings is 1. The van der Waals surface area contributed by atoms with E-state index in [1.807, 2.05) is 6.07 Å². The summed E-state index contributed by atoms with van der Waals surface area (Å²) in [5.41, 5.74) is -0.0150. The average Bonchev–Trinajstić information content (AvgIpc) is 2.84. The number of hydrogen-bond donors (Lipinski definition) is 3. The molecule has 182 valence electrons. The van der Waals surface area contributed by atoms with Crippen molar-refractivity contribution < 1.29 is 15.0 Å². The fourth-order valence-corrected chi connectivity index (χ4v) is 3.63. The monoisotopic (exact) mass is 467 g/mol. The van der Waals surface area contributed by atoms with Crippen molar-refractivity contribution in [2.75, 3.05) is 13.2 Å². The largest absolute Gasteiger partial charge is 0.493 e. The Morgan fingerprint density at radius 3 is 2.62 bits per heavy atom. The lowest BCUT2D eigenvalue weighted by Gasteiger charge is -2.15. The second-order valence-corrected chi connectivity index (χ2v) is 8.16. The van der Waals surface area contributed by atoms with Gasteiger partial charge in [-0.05, 0) is 37.8 Å². The molecule has 2 aromatic rings. The predicted molar refractivity (Wildman–Crippen MR) is 130 cm³/mol. The lowest BCUT2D eigenvalue weighted by Crippen LogP contribution is -2.29. The van der Waals surface area contributed by atoms with Crippen LogP contribution in [-0.2, 0) is 6.54 Å². The van der Waals surface area contributed by atoms with Gasteiger partial charge in [0, 0.05) is 25.3 Å². The molecule has 2 rings (SSSR count). The first kappa shape index (κ1) is 26.7. The van der Waals surface area contributed by atoms with Gasteiger partial charge in [-0.15, -0.1) is 10.2 Å². The summed E-state index contributed by atoms with van der Waals surface area (Å²) in [6.07, 6.45) is 4.48. The van der Waals surface area contributed by atoms with Crippen LogP contribution in [0.15, 0.2) is 39.3 Å². The zero-order valence-corrected chi connectivity index (χ0v) is 20.0. The molecular formula is C25H33N5O4. The van der Waals surface area contributed by atoms with Gasteiger partial charge in [0.2, 0.25) is 5.88 Å². The highest BCUT2D eigenvalue weighted by Crippen LogP contribution is 2.28. The third kappa shape index (κ3) is 6.51. The van der Waals surface area contributed by atoms with E-state index in [0.717, 1.165) is 30.3 Å². The number of aromatic hydroxyl groups is 1. The van der Waals surface area contributed by atoms with Crippen molar-refractivity contribution in [3.63, 3.8) is 0 Å². The van der Waals surface area contributed by atoms with E-state index >= 15 is 0 Å². The number of pyridine rings is 1. The summed E-state index contributed by atoms with van der Waals surface area (Å²) in [7, 11) is 0. The maximum Gasteiger partial charge on any atom is 0.281 e. The minimum Gasteiger partial charge on any atom is -0.493 e. The Hall–Kier alpha value is -3.51. The molecule has 0 saturated heterocycles. The molecule has 0 radical (unpaired) electrons. The van der Waals surface area contributed by atoms with Gasteiger partial charge >= 0.3 is 0 Å². The number of nitriles is 1. The summed E-state index contributed by atoms with van der Waals surface area (Å²) < 4.78 is 0.996. The molecule has 0 bridgehead atoms. The number of nitrogens with zero attached hydrogens (tertiary/aromatic N) is 4. The lowest BCUT2D eigenvalue weighted by atomic mass is 9.99. The van der Waals surface area contributed by atoms with E-state index in [9.17, 15) is 20.0 Å². The number of aromatic nitrogens is 1. The van der Waals surface area contributed by atoms with Crippen LogP contribution < -0.4 is 10.9 Å². The zero-order chi connectivity index (χ0) is 25.1. The van der Waals surface area contributed by atoms with Crippen molar-refractivity contribution in [3.8, 4) is 11.9 Å². The quantitative estimate of drug-likeness (QED) is 0.395. The molecule has 0 saturated carbocycles. The van der Waals surface area contributed by atoms with E-state index < -0.39 is 11.4 Å². The molecule has 9 nitrogen and oxygen atoms in total. The number of nitrogens with one attached hydrogen (secondary N) is 1. The van der Waals surface area contributed by atoms with Crippen molar-refractivity contribution in [2.45, 2.75) is 59.4 Å². The minimum atomic E-state index is -0.630. The summed E-state index contributed by atoms with van der Waals surface area (Å²) in [5, 5.41) is 40.0. The third-order valence-corrected chi connectivity index (χ3v) is 5.81. The van der Waals surface area contributed by atoms with Crippen molar-refractivity contribution >= 4 is 17.3 Å². The molecule has 1 aromatic heterocycles. The van der Waals surface area contributed by atoms with E-state index in [-0.39, 0.29) is 48.0 Å². The van der Waals surface area contributed by atoms with E-state index in [0.29, 0.717) is 18.0 Å². The molecule has 0 spiro atoms. The number of carbonyl (C=O) groups is 1. The van der Waals surface area contributed by atoms with Crippen LogP contribution in [0, 0.1) is 24.2 Å². The van der Waals surface area contributed by atoms with Gasteiger partial charge in [-0.3, -0.25) is 14.2 Å². The van der Waals surface area contributed by atoms with Gasteiger partial charge in [0.1, 0.15) is 11.6 Å². The van der Waals surface area contributed by atoms with E-state index in [4.69, 9.17) is 5.11 Å². The summed E-state index contributed by atoms with van der Waals surface area (Å²) in [4.78, 5) is 25.7. The Bertz CT molecular complexity index is 1120. The van der Waals surface area contributed by atoms with Gasteiger partial charge < -0.3 is 15.5 Å². The molecule has 9 heteroatoms. The smallest absolute Gasteiger partial charge is 0.281 e. The number of azo groups is 1. The fourth-order valence-electron chi connectivity index (χ4n) is 3.63. The summed E-state index contributed by atoms with van der Waals surface area (Å²) in [6.45, 7) is 6.16. The molecule has 0 aliphatic carbocycles. The molecule has 1 unspecified atom stereocenters. The maximum absolute atomic E-state index is 12.9. The lowest BCUT2D eigenvalue weighted by molar-refractivity contribution is 0.0946. The normalized spacial score (nSPS) is 12.0. The molecule has 1 atom stereocenters. The Balaban J connectivity index is 2.36. The van der Waals surface area contributed by atoms with Crippen LogP contribution in [0.1, 0.15) is 67.4 Å². The van der Waals surface area contributed by atoms with Crippen LogP contribution in [0.4, 0.5) is 11.4 Å². The summed E-state index contributed by atoms with van der Waals surface area (Å²) in [5.74, 6) is -0.338. The minimum absolute atomic E-state index is 0.0221. The van der Waals surface area contributed by atoms with Crippen LogP contribution in [0.3, 0.4) is 0 Å². The van der Waals surface area contributed by atoms with Crippen molar-refractivity contribution in [1.29, 1.82) is 5.26 Å². The number of unbranched alkanes of at least 4 members (excludes halogenated alkanes) is 1. The number of amides is 1. The standard InChI is InChI=1S/C25H33N5O4/c1-4-6-10-18(5-2)16-27-23(32)19-11-7-8-12-21(19)28-29-22-17(3)20(15-26)24(33)30(25(22)34)13-9-14-31/h7-8,11-12,18,31,33H,4-6,9-10,13-14,16H2,1-3H3,(H,27,32). The SMILES string of the molecule is CCCCC(CC)CNC(=O)c1ccccc1N=Nc1c(C)c(C#N)c(O)n(CCCO)c1=O. The third-order valence-electron chi connectivity index (χ3n) is 5.81. The van der Waals surface area contributed by atoms with Crippen LogP contribution >= 0.6 is 0 Å².